The molecule has 5 aliphatic heterocycles. The van der Waals surface area contributed by atoms with E-state index >= 15 is 0 Å². The van der Waals surface area contributed by atoms with E-state index in [1.807, 2.05) is 6.92 Å². The maximum atomic E-state index is 14.0. The number of hydrogen-bond acceptors (Lipinski definition) is 7. The van der Waals surface area contributed by atoms with E-state index in [4.69, 9.17) is 4.98 Å². The molecule has 4 bridgehead atoms. The Balaban J connectivity index is 1.41. The van der Waals surface area contributed by atoms with Gasteiger partial charge in [0.05, 0.1) is 29.1 Å². The Morgan fingerprint density at radius 2 is 1.65 bits per heavy atom. The average molecular weight is 623 g/mol. The highest BCUT2D eigenvalue weighted by molar-refractivity contribution is 7.11. The summed E-state index contributed by atoms with van der Waals surface area (Å²) in [5, 5.41) is 4.19. The summed E-state index contributed by atoms with van der Waals surface area (Å²) < 4.78 is 27.5. The Labute approximate surface area is 256 Å². The van der Waals surface area contributed by atoms with Gasteiger partial charge in [0.2, 0.25) is 23.6 Å². The Bertz CT molecular complexity index is 1210. The third kappa shape index (κ3) is 7.53. The van der Waals surface area contributed by atoms with Crippen LogP contribution in [0.4, 0.5) is 8.78 Å². The van der Waals surface area contributed by atoms with Crippen molar-refractivity contribution >= 4 is 35.0 Å². The van der Waals surface area contributed by atoms with Gasteiger partial charge < -0.3 is 24.9 Å². The fraction of sp³-hybridized carbons (Fsp3) is 0.767. The molecule has 3 fully saturated rings. The number of nitrogens with zero attached hydrogens (tertiary/aromatic N) is 5. The number of fused-ring (bicyclic) bond motifs is 8. The van der Waals surface area contributed by atoms with Gasteiger partial charge in [0.1, 0.15) is 13.1 Å². The lowest BCUT2D eigenvalue weighted by Gasteiger charge is -2.44. The third-order valence-corrected chi connectivity index (χ3v) is 10.8. The van der Waals surface area contributed by atoms with E-state index in [0.29, 0.717) is 45.1 Å². The van der Waals surface area contributed by atoms with E-state index in [9.17, 15) is 28.0 Å². The number of rotatable bonds is 3. The molecule has 1 spiro atoms. The SMILES string of the molecule is Cc1sc2nc1CC(=O)NC1(CCN(C(C)C)CC1)CC(=O)N(CC(=O)N1CCC(F)(F)CC1)CC(=O)N1CCC2CC1. The molecule has 238 valence electrons. The summed E-state index contributed by atoms with van der Waals surface area (Å²) in [4.78, 5) is 66.8. The van der Waals surface area contributed by atoms with E-state index in [1.165, 1.54) is 9.80 Å². The van der Waals surface area contributed by atoms with E-state index in [-0.39, 0.29) is 56.8 Å². The molecular formula is C30H44F2N6O4S. The first kappa shape index (κ1) is 31.7. The fourth-order valence-corrected chi connectivity index (χ4v) is 7.82. The van der Waals surface area contributed by atoms with E-state index in [1.54, 1.807) is 16.2 Å². The van der Waals surface area contributed by atoms with Crippen molar-refractivity contribution in [2.45, 2.75) is 95.6 Å². The van der Waals surface area contributed by atoms with Gasteiger partial charge >= 0.3 is 0 Å². The van der Waals surface area contributed by atoms with Crippen LogP contribution >= 0.6 is 11.3 Å². The molecule has 0 radical (unpaired) electrons. The van der Waals surface area contributed by atoms with Crippen LogP contribution in [0.1, 0.15) is 80.3 Å². The number of carbonyl (C=O) groups excluding carboxylic acids is 4. The highest BCUT2D eigenvalue weighted by atomic mass is 32.1. The molecule has 0 atom stereocenters. The summed E-state index contributed by atoms with van der Waals surface area (Å²) in [5.41, 5.74) is -0.0799. The summed E-state index contributed by atoms with van der Waals surface area (Å²) in [6.45, 7) is 7.85. The number of alkyl halides is 2. The topological polar surface area (TPSA) is 106 Å². The van der Waals surface area contributed by atoms with Crippen molar-refractivity contribution in [1.29, 1.82) is 0 Å². The maximum Gasteiger partial charge on any atom is 0.251 e. The van der Waals surface area contributed by atoms with Crippen LogP contribution in [-0.2, 0) is 25.6 Å². The molecule has 4 amide bonds. The number of aromatic nitrogens is 1. The minimum atomic E-state index is -2.80. The first-order chi connectivity index (χ1) is 20.3. The molecule has 0 unspecified atom stereocenters. The zero-order valence-electron chi connectivity index (χ0n) is 25.5. The summed E-state index contributed by atoms with van der Waals surface area (Å²) in [5.74, 6) is -3.87. The molecule has 0 saturated carbocycles. The molecule has 10 nitrogen and oxygen atoms in total. The van der Waals surface area contributed by atoms with Crippen LogP contribution in [0.3, 0.4) is 0 Å². The van der Waals surface area contributed by atoms with E-state index < -0.39 is 36.1 Å². The molecule has 3 saturated heterocycles. The van der Waals surface area contributed by atoms with Crippen molar-refractivity contribution in [2.24, 2.45) is 0 Å². The normalized spacial score (nSPS) is 24.2. The van der Waals surface area contributed by atoms with Crippen LogP contribution in [0.5, 0.6) is 0 Å². The van der Waals surface area contributed by atoms with Gasteiger partial charge in [-0.3, -0.25) is 19.2 Å². The predicted octanol–water partition coefficient (Wildman–Crippen LogP) is 2.55. The lowest BCUT2D eigenvalue weighted by Crippen LogP contribution is -2.59. The number of halogens is 2. The van der Waals surface area contributed by atoms with Gasteiger partial charge in [-0.1, -0.05) is 0 Å². The largest absolute Gasteiger partial charge is 0.350 e. The third-order valence-electron chi connectivity index (χ3n) is 9.67. The van der Waals surface area contributed by atoms with E-state index in [2.05, 4.69) is 24.1 Å². The number of piperidine rings is 3. The van der Waals surface area contributed by atoms with Crippen molar-refractivity contribution in [3.05, 3.63) is 15.6 Å². The molecule has 1 N–H and O–H groups in total. The highest BCUT2D eigenvalue weighted by Gasteiger charge is 2.42. The Morgan fingerprint density at radius 3 is 2.28 bits per heavy atom. The van der Waals surface area contributed by atoms with Gasteiger partial charge in [0.25, 0.3) is 5.92 Å². The van der Waals surface area contributed by atoms with Crippen molar-refractivity contribution in [3.8, 4) is 0 Å². The Hall–Kier alpha value is -2.67. The van der Waals surface area contributed by atoms with Crippen LogP contribution < -0.4 is 5.32 Å². The van der Waals surface area contributed by atoms with Crippen LogP contribution in [0, 0.1) is 6.92 Å². The molecule has 1 aromatic rings. The van der Waals surface area contributed by atoms with Gasteiger partial charge in [-0.25, -0.2) is 13.8 Å². The van der Waals surface area contributed by atoms with Gasteiger partial charge in [-0.2, -0.15) is 0 Å². The van der Waals surface area contributed by atoms with Crippen molar-refractivity contribution in [1.82, 2.24) is 29.9 Å². The zero-order valence-corrected chi connectivity index (χ0v) is 26.3. The van der Waals surface area contributed by atoms with Crippen molar-refractivity contribution in [2.75, 3.05) is 52.4 Å². The summed E-state index contributed by atoms with van der Waals surface area (Å²) in [7, 11) is 0. The number of amides is 4. The van der Waals surface area contributed by atoms with Crippen LogP contribution in [-0.4, -0.2) is 118 Å². The van der Waals surface area contributed by atoms with E-state index in [0.717, 1.165) is 28.4 Å². The van der Waals surface area contributed by atoms with Gasteiger partial charge in [-0.15, -0.1) is 11.3 Å². The molecule has 1 aromatic heterocycles. The molecule has 6 heterocycles. The van der Waals surface area contributed by atoms with Crippen LogP contribution in [0.15, 0.2) is 0 Å². The molecule has 0 aliphatic carbocycles. The smallest absolute Gasteiger partial charge is 0.251 e. The Morgan fingerprint density at radius 1 is 1.00 bits per heavy atom. The molecule has 43 heavy (non-hydrogen) atoms. The fourth-order valence-electron chi connectivity index (χ4n) is 6.71. The van der Waals surface area contributed by atoms with Gasteiger partial charge in [0, 0.05) is 68.9 Å². The van der Waals surface area contributed by atoms with Gasteiger partial charge in [0.15, 0.2) is 0 Å². The molecule has 6 rings (SSSR count). The van der Waals surface area contributed by atoms with Crippen LogP contribution in [0.25, 0.3) is 0 Å². The second-order valence-corrected chi connectivity index (χ2v) is 14.2. The first-order valence-corrected chi connectivity index (χ1v) is 16.4. The number of nitrogens with one attached hydrogen (secondary N) is 1. The molecule has 5 aliphatic rings. The zero-order chi connectivity index (χ0) is 30.9. The molecule has 0 aromatic carbocycles. The minimum Gasteiger partial charge on any atom is -0.350 e. The lowest BCUT2D eigenvalue weighted by molar-refractivity contribution is -0.148. The number of thiazole rings is 1. The minimum absolute atomic E-state index is 0.0489. The second-order valence-electron chi connectivity index (χ2n) is 13.0. The quantitative estimate of drug-likeness (QED) is 0.556. The van der Waals surface area contributed by atoms with Crippen LogP contribution in [0.2, 0.25) is 0 Å². The molecular weight excluding hydrogens is 578 g/mol. The monoisotopic (exact) mass is 622 g/mol. The number of hydrogen-bond donors (Lipinski definition) is 1. The standard InChI is InChI=1S/C30H44F2N6O4S/c1-20(2)35-12-6-29(7-13-35)17-25(40)38(19-27(42)37-14-8-30(31,32)9-15-37)18-26(41)36-10-4-22(5-11-36)28-33-23(21(3)43-28)16-24(39)34-29/h20,22H,4-19H2,1-3H3,(H,34,39). The summed E-state index contributed by atoms with van der Waals surface area (Å²) in [6, 6.07) is 0.319. The summed E-state index contributed by atoms with van der Waals surface area (Å²) in [6.07, 6.45) is 1.81. The number of carbonyl (C=O) groups is 4. The predicted molar refractivity (Wildman–Crippen MR) is 158 cm³/mol. The first-order valence-electron chi connectivity index (χ1n) is 15.6. The number of likely N-dealkylation sites (tertiary alicyclic amines) is 2. The number of aryl methyl sites for hydroxylation is 1. The maximum absolute atomic E-state index is 14.0. The Kier molecular flexibility index (Phi) is 9.41. The second kappa shape index (κ2) is 12.7. The molecule has 13 heteroatoms. The van der Waals surface area contributed by atoms with Crippen molar-refractivity contribution < 1.29 is 28.0 Å². The summed E-state index contributed by atoms with van der Waals surface area (Å²) >= 11 is 1.61. The average Bonchev–Trinajstić information content (AvgIpc) is 3.31. The highest BCUT2D eigenvalue weighted by Crippen LogP contribution is 2.34. The van der Waals surface area contributed by atoms with Gasteiger partial charge in [-0.05, 0) is 46.5 Å². The lowest BCUT2D eigenvalue weighted by atomic mass is 9.83. The van der Waals surface area contributed by atoms with Crippen molar-refractivity contribution in [3.63, 3.8) is 0 Å².